The Balaban J connectivity index is 2.13. The van der Waals surface area contributed by atoms with E-state index < -0.39 is 0 Å². The van der Waals surface area contributed by atoms with Gasteiger partial charge in [-0.25, -0.2) is 9.97 Å². The van der Waals surface area contributed by atoms with Crippen LogP contribution in [0.4, 0.5) is 5.95 Å². The summed E-state index contributed by atoms with van der Waals surface area (Å²) in [5.74, 6) is 2.16. The minimum Gasteiger partial charge on any atom is -0.497 e. The lowest BCUT2D eigenvalue weighted by Gasteiger charge is -2.10. The van der Waals surface area contributed by atoms with Crippen LogP contribution in [-0.2, 0) is 6.54 Å². The Morgan fingerprint density at radius 1 is 0.900 bits per heavy atom. The lowest BCUT2D eigenvalue weighted by molar-refractivity contribution is 0.393. The Morgan fingerprint density at radius 2 is 1.45 bits per heavy atom. The maximum absolute atomic E-state index is 5.25. The quantitative estimate of drug-likeness (QED) is 0.907. The molecule has 1 aromatic heterocycles. The van der Waals surface area contributed by atoms with Crippen molar-refractivity contribution in [3.05, 3.63) is 41.2 Å². The number of rotatable bonds is 5. The van der Waals surface area contributed by atoms with Crippen LogP contribution in [0.15, 0.2) is 24.3 Å². The summed E-state index contributed by atoms with van der Waals surface area (Å²) in [4.78, 5) is 8.70. The van der Waals surface area contributed by atoms with Gasteiger partial charge in [-0.1, -0.05) is 0 Å². The fourth-order valence-electron chi connectivity index (χ4n) is 1.95. The Hall–Kier alpha value is -2.30. The first-order valence-electron chi connectivity index (χ1n) is 6.39. The summed E-state index contributed by atoms with van der Waals surface area (Å²) in [7, 11) is 3.28. The first-order valence-corrected chi connectivity index (χ1v) is 6.39. The van der Waals surface area contributed by atoms with Crippen LogP contribution in [0.3, 0.4) is 0 Å². The van der Waals surface area contributed by atoms with Crippen LogP contribution in [0.5, 0.6) is 11.5 Å². The molecule has 1 N–H and O–H groups in total. The zero-order valence-electron chi connectivity index (χ0n) is 12.2. The predicted octanol–water partition coefficient (Wildman–Crippen LogP) is 2.72. The highest BCUT2D eigenvalue weighted by molar-refractivity contribution is 5.40. The summed E-state index contributed by atoms with van der Waals surface area (Å²) < 4.78 is 10.5. The molecular weight excluding hydrogens is 254 g/mol. The number of nitrogens with zero attached hydrogens (tertiary/aromatic N) is 2. The van der Waals surface area contributed by atoms with E-state index in [0.717, 1.165) is 28.5 Å². The molecule has 5 heteroatoms. The van der Waals surface area contributed by atoms with Crippen LogP contribution in [0.1, 0.15) is 17.0 Å². The van der Waals surface area contributed by atoms with Gasteiger partial charge in [0.25, 0.3) is 0 Å². The second-order valence-corrected chi connectivity index (χ2v) is 4.55. The number of aryl methyl sites for hydroxylation is 2. The fraction of sp³-hybridized carbons (Fsp3) is 0.333. The summed E-state index contributed by atoms with van der Waals surface area (Å²) >= 11 is 0. The van der Waals surface area contributed by atoms with Gasteiger partial charge in [0.1, 0.15) is 11.5 Å². The molecule has 0 fully saturated rings. The molecule has 106 valence electrons. The Bertz CT molecular complexity index is 557. The third-order valence-electron chi connectivity index (χ3n) is 2.84. The highest BCUT2D eigenvalue weighted by atomic mass is 16.5. The molecule has 0 saturated carbocycles. The molecule has 2 aromatic rings. The molecule has 0 aliphatic heterocycles. The van der Waals surface area contributed by atoms with Gasteiger partial charge in [0, 0.05) is 24.0 Å². The lowest BCUT2D eigenvalue weighted by Crippen LogP contribution is -2.05. The molecule has 20 heavy (non-hydrogen) atoms. The monoisotopic (exact) mass is 273 g/mol. The van der Waals surface area contributed by atoms with Gasteiger partial charge >= 0.3 is 0 Å². The number of hydrogen-bond acceptors (Lipinski definition) is 5. The average Bonchev–Trinajstić information content (AvgIpc) is 2.43. The van der Waals surface area contributed by atoms with Crippen LogP contribution < -0.4 is 14.8 Å². The van der Waals surface area contributed by atoms with Crippen molar-refractivity contribution in [2.24, 2.45) is 0 Å². The number of methoxy groups -OCH3 is 2. The molecule has 0 aliphatic carbocycles. The highest BCUT2D eigenvalue weighted by Gasteiger charge is 2.03. The second kappa shape index (κ2) is 6.23. The molecule has 0 radical (unpaired) electrons. The summed E-state index contributed by atoms with van der Waals surface area (Å²) in [6.07, 6.45) is 0. The second-order valence-electron chi connectivity index (χ2n) is 4.55. The standard InChI is InChI=1S/C15H19N3O2/c1-10-5-11(2)18-15(17-10)16-9-12-6-13(19-3)8-14(7-12)20-4/h5-8H,9H2,1-4H3,(H,16,17,18). The highest BCUT2D eigenvalue weighted by Crippen LogP contribution is 2.22. The van der Waals surface area contributed by atoms with Crippen molar-refractivity contribution >= 4 is 5.95 Å². The summed E-state index contributed by atoms with van der Waals surface area (Å²) in [5.41, 5.74) is 2.94. The van der Waals surface area contributed by atoms with Gasteiger partial charge in [-0.05, 0) is 37.6 Å². The summed E-state index contributed by atoms with van der Waals surface area (Å²) in [6, 6.07) is 7.70. The van der Waals surface area contributed by atoms with Crippen molar-refractivity contribution in [1.29, 1.82) is 0 Å². The molecule has 0 amide bonds. The van der Waals surface area contributed by atoms with Gasteiger partial charge in [-0.3, -0.25) is 0 Å². The van der Waals surface area contributed by atoms with Crippen molar-refractivity contribution in [3.63, 3.8) is 0 Å². The van der Waals surface area contributed by atoms with E-state index in [1.54, 1.807) is 14.2 Å². The Morgan fingerprint density at radius 3 is 1.95 bits per heavy atom. The van der Waals surface area contributed by atoms with Crippen LogP contribution in [-0.4, -0.2) is 24.2 Å². The molecule has 0 aliphatic rings. The first kappa shape index (κ1) is 14.1. The van der Waals surface area contributed by atoms with Gasteiger partial charge < -0.3 is 14.8 Å². The molecule has 1 aromatic carbocycles. The van der Waals surface area contributed by atoms with Crippen molar-refractivity contribution in [2.75, 3.05) is 19.5 Å². The van der Waals surface area contributed by atoms with E-state index in [-0.39, 0.29) is 0 Å². The Kier molecular flexibility index (Phi) is 4.40. The van der Waals surface area contributed by atoms with E-state index in [1.807, 2.05) is 38.1 Å². The molecule has 0 spiro atoms. The van der Waals surface area contributed by atoms with E-state index in [4.69, 9.17) is 9.47 Å². The third kappa shape index (κ3) is 3.60. The molecular formula is C15H19N3O2. The number of aromatic nitrogens is 2. The van der Waals surface area contributed by atoms with Crippen LogP contribution in [0, 0.1) is 13.8 Å². The van der Waals surface area contributed by atoms with E-state index in [1.165, 1.54) is 0 Å². The van der Waals surface area contributed by atoms with Crippen LogP contribution in [0.25, 0.3) is 0 Å². The van der Waals surface area contributed by atoms with E-state index in [0.29, 0.717) is 12.5 Å². The van der Waals surface area contributed by atoms with Gasteiger partial charge in [-0.15, -0.1) is 0 Å². The summed E-state index contributed by atoms with van der Waals surface area (Å²) in [5, 5.41) is 3.21. The van der Waals surface area contributed by atoms with Crippen LogP contribution >= 0.6 is 0 Å². The van der Waals surface area contributed by atoms with Gasteiger partial charge in [-0.2, -0.15) is 0 Å². The van der Waals surface area contributed by atoms with E-state index in [9.17, 15) is 0 Å². The number of benzene rings is 1. The number of hydrogen-bond donors (Lipinski definition) is 1. The average molecular weight is 273 g/mol. The van der Waals surface area contributed by atoms with E-state index >= 15 is 0 Å². The lowest BCUT2D eigenvalue weighted by atomic mass is 10.2. The van der Waals surface area contributed by atoms with Crippen molar-refractivity contribution in [2.45, 2.75) is 20.4 Å². The molecule has 1 heterocycles. The molecule has 2 rings (SSSR count). The maximum atomic E-state index is 5.25. The minimum atomic E-state index is 0.608. The Labute approximate surface area is 119 Å². The van der Waals surface area contributed by atoms with Crippen molar-refractivity contribution < 1.29 is 9.47 Å². The zero-order chi connectivity index (χ0) is 14.5. The normalized spacial score (nSPS) is 10.2. The van der Waals surface area contributed by atoms with Gasteiger partial charge in [0.2, 0.25) is 5.95 Å². The van der Waals surface area contributed by atoms with Gasteiger partial charge in [0.15, 0.2) is 0 Å². The molecule has 0 bridgehead atoms. The minimum absolute atomic E-state index is 0.608. The molecule has 0 unspecified atom stereocenters. The number of ether oxygens (including phenoxy) is 2. The zero-order valence-corrected chi connectivity index (χ0v) is 12.2. The molecule has 0 saturated heterocycles. The fourth-order valence-corrected chi connectivity index (χ4v) is 1.95. The van der Waals surface area contributed by atoms with Gasteiger partial charge in [0.05, 0.1) is 14.2 Å². The molecule has 5 nitrogen and oxygen atoms in total. The SMILES string of the molecule is COc1cc(CNc2nc(C)cc(C)n2)cc(OC)c1. The summed E-state index contributed by atoms with van der Waals surface area (Å²) in [6.45, 7) is 4.51. The largest absolute Gasteiger partial charge is 0.497 e. The first-order chi connectivity index (χ1) is 9.60. The number of nitrogens with one attached hydrogen (secondary N) is 1. The van der Waals surface area contributed by atoms with Crippen molar-refractivity contribution in [1.82, 2.24) is 9.97 Å². The number of anilines is 1. The van der Waals surface area contributed by atoms with Crippen molar-refractivity contribution in [3.8, 4) is 11.5 Å². The van der Waals surface area contributed by atoms with Crippen LogP contribution in [0.2, 0.25) is 0 Å². The molecule has 0 atom stereocenters. The maximum Gasteiger partial charge on any atom is 0.223 e. The van der Waals surface area contributed by atoms with E-state index in [2.05, 4.69) is 15.3 Å². The smallest absolute Gasteiger partial charge is 0.223 e. The predicted molar refractivity (Wildman–Crippen MR) is 78.4 cm³/mol. The topological polar surface area (TPSA) is 56.3 Å². The third-order valence-corrected chi connectivity index (χ3v) is 2.84.